The fourth-order valence-corrected chi connectivity index (χ4v) is 2.26. The molecule has 2 rings (SSSR count). The van der Waals surface area contributed by atoms with Gasteiger partial charge in [0.05, 0.1) is 9.74 Å². The summed E-state index contributed by atoms with van der Waals surface area (Å²) in [6, 6.07) is 5.66. The molecule has 3 nitrogen and oxygen atoms in total. The van der Waals surface area contributed by atoms with Crippen molar-refractivity contribution in [3.63, 3.8) is 0 Å². The highest BCUT2D eigenvalue weighted by molar-refractivity contribution is 8.05. The number of pyridine rings is 1. The Bertz CT molecular complexity index is 378. The zero-order chi connectivity index (χ0) is 10.5. The summed E-state index contributed by atoms with van der Waals surface area (Å²) >= 11 is 7.41. The van der Waals surface area contributed by atoms with Crippen LogP contribution in [0.25, 0.3) is 0 Å². The SMILES string of the molecule is ClC1=CNC(CC=Nc2ccccn2)S1. The molecular weight excluding hydrogens is 230 g/mol. The maximum absolute atomic E-state index is 5.81. The molecule has 78 valence electrons. The highest BCUT2D eigenvalue weighted by Crippen LogP contribution is 2.29. The van der Waals surface area contributed by atoms with E-state index < -0.39 is 0 Å². The summed E-state index contributed by atoms with van der Waals surface area (Å²) < 4.78 is 0.797. The standard InChI is InChI=1S/C10H10ClN3S/c11-8-7-14-10(15-8)4-6-13-9-3-1-2-5-12-9/h1-3,5-7,10,14H,4H2. The Labute approximate surface area is 97.7 Å². The van der Waals surface area contributed by atoms with E-state index in [1.165, 1.54) is 0 Å². The van der Waals surface area contributed by atoms with Crippen molar-refractivity contribution >= 4 is 35.4 Å². The Morgan fingerprint density at radius 2 is 2.53 bits per heavy atom. The first kappa shape index (κ1) is 10.5. The van der Waals surface area contributed by atoms with Gasteiger partial charge in [0.15, 0.2) is 5.82 Å². The predicted octanol–water partition coefficient (Wildman–Crippen LogP) is 2.87. The lowest BCUT2D eigenvalue weighted by atomic mass is 10.4. The predicted molar refractivity (Wildman–Crippen MR) is 65.5 cm³/mol. The van der Waals surface area contributed by atoms with Crippen LogP contribution in [0.4, 0.5) is 5.82 Å². The van der Waals surface area contributed by atoms with E-state index in [4.69, 9.17) is 11.6 Å². The molecular formula is C10H10ClN3S. The molecule has 0 amide bonds. The van der Waals surface area contributed by atoms with Crippen LogP contribution >= 0.6 is 23.4 Å². The van der Waals surface area contributed by atoms with Crippen molar-refractivity contribution in [2.24, 2.45) is 4.99 Å². The van der Waals surface area contributed by atoms with E-state index in [0.717, 1.165) is 16.6 Å². The molecule has 1 aromatic heterocycles. The molecule has 0 saturated heterocycles. The summed E-state index contributed by atoms with van der Waals surface area (Å²) in [5.41, 5.74) is 0. The van der Waals surface area contributed by atoms with E-state index in [2.05, 4.69) is 15.3 Å². The minimum Gasteiger partial charge on any atom is -0.377 e. The molecule has 0 bridgehead atoms. The number of hydrogen-bond donors (Lipinski definition) is 1. The normalized spacial score (nSPS) is 20.3. The first-order chi connectivity index (χ1) is 7.34. The molecule has 1 aliphatic rings. The summed E-state index contributed by atoms with van der Waals surface area (Å²) in [6.07, 6.45) is 6.23. The van der Waals surface area contributed by atoms with Gasteiger partial charge in [-0.1, -0.05) is 29.4 Å². The molecule has 1 N–H and O–H groups in total. The summed E-state index contributed by atoms with van der Waals surface area (Å²) in [5.74, 6) is 0.736. The van der Waals surface area contributed by atoms with Crippen molar-refractivity contribution < 1.29 is 0 Å². The Morgan fingerprint density at radius 1 is 1.60 bits per heavy atom. The maximum Gasteiger partial charge on any atom is 0.151 e. The van der Waals surface area contributed by atoms with E-state index in [1.807, 2.05) is 30.6 Å². The largest absolute Gasteiger partial charge is 0.377 e. The van der Waals surface area contributed by atoms with Gasteiger partial charge in [0.25, 0.3) is 0 Å². The van der Waals surface area contributed by atoms with Crippen molar-refractivity contribution in [1.82, 2.24) is 10.3 Å². The second kappa shape index (κ2) is 5.19. The third-order valence-electron chi connectivity index (χ3n) is 1.83. The van der Waals surface area contributed by atoms with Gasteiger partial charge in [-0.15, -0.1) is 0 Å². The molecule has 2 heterocycles. The number of aliphatic imine (C=N–C) groups is 1. The van der Waals surface area contributed by atoms with Crippen LogP contribution in [-0.4, -0.2) is 16.6 Å². The summed E-state index contributed by atoms with van der Waals surface area (Å²) in [5, 5.41) is 3.45. The summed E-state index contributed by atoms with van der Waals surface area (Å²) in [7, 11) is 0. The van der Waals surface area contributed by atoms with Gasteiger partial charge in [0, 0.05) is 25.0 Å². The van der Waals surface area contributed by atoms with Gasteiger partial charge in [0.1, 0.15) is 0 Å². The Hall–Kier alpha value is -1.000. The lowest BCUT2D eigenvalue weighted by Crippen LogP contribution is -2.15. The van der Waals surface area contributed by atoms with Crippen LogP contribution in [0.5, 0.6) is 0 Å². The number of aromatic nitrogens is 1. The van der Waals surface area contributed by atoms with E-state index >= 15 is 0 Å². The minimum atomic E-state index is 0.296. The van der Waals surface area contributed by atoms with Crippen molar-refractivity contribution in [1.29, 1.82) is 0 Å². The van der Waals surface area contributed by atoms with Crippen molar-refractivity contribution in [3.8, 4) is 0 Å². The molecule has 0 saturated carbocycles. The van der Waals surface area contributed by atoms with Crippen LogP contribution in [0.15, 0.2) is 40.0 Å². The van der Waals surface area contributed by atoms with Gasteiger partial charge in [-0.2, -0.15) is 0 Å². The van der Waals surface area contributed by atoms with Gasteiger partial charge >= 0.3 is 0 Å². The van der Waals surface area contributed by atoms with Crippen LogP contribution in [0.2, 0.25) is 0 Å². The lowest BCUT2D eigenvalue weighted by Gasteiger charge is -2.04. The smallest absolute Gasteiger partial charge is 0.151 e. The molecule has 5 heteroatoms. The maximum atomic E-state index is 5.81. The van der Waals surface area contributed by atoms with Gasteiger partial charge < -0.3 is 5.32 Å². The number of thioether (sulfide) groups is 1. The van der Waals surface area contributed by atoms with Gasteiger partial charge in [-0.25, -0.2) is 9.98 Å². The Balaban J connectivity index is 1.81. The molecule has 1 unspecified atom stereocenters. The highest BCUT2D eigenvalue weighted by atomic mass is 35.5. The molecule has 1 aliphatic heterocycles. The molecule has 1 aromatic rings. The Kier molecular flexibility index (Phi) is 3.64. The topological polar surface area (TPSA) is 37.3 Å². The van der Waals surface area contributed by atoms with E-state index in [0.29, 0.717) is 5.37 Å². The molecule has 0 aromatic carbocycles. The molecule has 0 spiro atoms. The third kappa shape index (κ3) is 3.25. The molecule has 15 heavy (non-hydrogen) atoms. The third-order valence-corrected chi connectivity index (χ3v) is 3.16. The lowest BCUT2D eigenvalue weighted by molar-refractivity contribution is 0.832. The fourth-order valence-electron chi connectivity index (χ4n) is 1.15. The summed E-state index contributed by atoms with van der Waals surface area (Å²) in [4.78, 5) is 8.33. The van der Waals surface area contributed by atoms with Gasteiger partial charge in [-0.05, 0) is 12.1 Å². The van der Waals surface area contributed by atoms with Gasteiger partial charge in [-0.3, -0.25) is 0 Å². The fraction of sp³-hybridized carbons (Fsp3) is 0.200. The quantitative estimate of drug-likeness (QED) is 0.825. The van der Waals surface area contributed by atoms with Crippen molar-refractivity contribution in [3.05, 3.63) is 35.0 Å². The van der Waals surface area contributed by atoms with Crippen LogP contribution < -0.4 is 5.32 Å². The van der Waals surface area contributed by atoms with Crippen molar-refractivity contribution in [2.45, 2.75) is 11.8 Å². The Morgan fingerprint density at radius 3 is 3.20 bits per heavy atom. The van der Waals surface area contributed by atoms with Crippen LogP contribution in [0, 0.1) is 0 Å². The first-order valence-corrected chi connectivity index (χ1v) is 5.82. The van der Waals surface area contributed by atoms with Crippen LogP contribution in [-0.2, 0) is 0 Å². The number of hydrogen-bond acceptors (Lipinski definition) is 4. The zero-order valence-corrected chi connectivity index (χ0v) is 9.50. The zero-order valence-electron chi connectivity index (χ0n) is 7.93. The number of nitrogens with zero attached hydrogens (tertiary/aromatic N) is 2. The molecule has 0 radical (unpaired) electrons. The monoisotopic (exact) mass is 239 g/mol. The molecule has 0 fully saturated rings. The second-order valence-electron chi connectivity index (χ2n) is 2.96. The van der Waals surface area contributed by atoms with E-state index in [9.17, 15) is 0 Å². The average Bonchev–Trinajstić information content (AvgIpc) is 2.66. The van der Waals surface area contributed by atoms with Crippen LogP contribution in [0.3, 0.4) is 0 Å². The molecule has 1 atom stereocenters. The highest BCUT2D eigenvalue weighted by Gasteiger charge is 2.13. The minimum absolute atomic E-state index is 0.296. The van der Waals surface area contributed by atoms with Crippen LogP contribution in [0.1, 0.15) is 6.42 Å². The molecule has 0 aliphatic carbocycles. The van der Waals surface area contributed by atoms with Crippen molar-refractivity contribution in [2.75, 3.05) is 0 Å². The summed E-state index contributed by atoms with van der Waals surface area (Å²) in [6.45, 7) is 0. The first-order valence-electron chi connectivity index (χ1n) is 4.56. The number of rotatable bonds is 3. The van der Waals surface area contributed by atoms with Gasteiger partial charge in [0.2, 0.25) is 0 Å². The average molecular weight is 240 g/mol. The second-order valence-corrected chi connectivity index (χ2v) is 4.83. The number of halogens is 1. The number of nitrogens with one attached hydrogen (secondary N) is 1. The van der Waals surface area contributed by atoms with E-state index in [1.54, 1.807) is 18.0 Å². The van der Waals surface area contributed by atoms with E-state index in [-0.39, 0.29) is 0 Å².